The normalized spacial score (nSPS) is 19.8. The van der Waals surface area contributed by atoms with Crippen LogP contribution in [-0.2, 0) is 18.0 Å². The van der Waals surface area contributed by atoms with Crippen LogP contribution in [0.1, 0.15) is 47.9 Å². The maximum Gasteiger partial charge on any atom is 0.310 e. The highest BCUT2D eigenvalue weighted by Crippen LogP contribution is 2.47. The summed E-state index contributed by atoms with van der Waals surface area (Å²) in [5.74, 6) is -0.259. The molecule has 0 bridgehead atoms. The number of rotatable bonds is 4. The lowest BCUT2D eigenvalue weighted by Gasteiger charge is -2.32. The molecular formula is C25H26FNO4. The Bertz CT molecular complexity index is 1060. The number of carbonyl (C=O) groups is 1. The van der Waals surface area contributed by atoms with Gasteiger partial charge in [-0.2, -0.15) is 0 Å². The van der Waals surface area contributed by atoms with Gasteiger partial charge in [0.05, 0.1) is 12.0 Å². The first-order chi connectivity index (χ1) is 15.0. The summed E-state index contributed by atoms with van der Waals surface area (Å²) in [6.45, 7) is 2.46. The molecule has 2 aromatic rings. The summed E-state index contributed by atoms with van der Waals surface area (Å²) < 4.78 is 20.0. The summed E-state index contributed by atoms with van der Waals surface area (Å²) in [4.78, 5) is 13.8. The SMILES string of the molecule is O=C(O)C1(CN2CCC(=C3c4ccc(F)cc4COc4cc(CO)ccc43)CC2)CC1. The Labute approximate surface area is 180 Å². The number of hydrogen-bond acceptors (Lipinski definition) is 4. The molecule has 3 aliphatic rings. The van der Waals surface area contributed by atoms with Gasteiger partial charge in [0.2, 0.25) is 0 Å². The van der Waals surface area contributed by atoms with E-state index >= 15 is 0 Å². The third kappa shape index (κ3) is 3.75. The predicted octanol–water partition coefficient (Wildman–Crippen LogP) is 3.97. The second-order valence-electron chi connectivity index (χ2n) is 8.92. The fourth-order valence-corrected chi connectivity index (χ4v) is 4.85. The molecule has 1 saturated carbocycles. The topological polar surface area (TPSA) is 70.0 Å². The molecule has 0 aromatic heterocycles. The van der Waals surface area contributed by atoms with Crippen LogP contribution in [0.15, 0.2) is 42.0 Å². The molecule has 5 nitrogen and oxygen atoms in total. The van der Waals surface area contributed by atoms with Gasteiger partial charge in [-0.3, -0.25) is 4.79 Å². The van der Waals surface area contributed by atoms with Gasteiger partial charge in [0.15, 0.2) is 0 Å². The lowest BCUT2D eigenvalue weighted by Crippen LogP contribution is -2.38. The van der Waals surface area contributed by atoms with Crippen molar-refractivity contribution in [2.24, 2.45) is 5.41 Å². The number of ether oxygens (including phenoxy) is 1. The van der Waals surface area contributed by atoms with Crippen LogP contribution < -0.4 is 4.74 Å². The average molecular weight is 423 g/mol. The molecule has 0 amide bonds. The van der Waals surface area contributed by atoms with Gasteiger partial charge in [-0.15, -0.1) is 0 Å². The van der Waals surface area contributed by atoms with E-state index in [1.807, 2.05) is 24.3 Å². The minimum absolute atomic E-state index is 0.0651. The third-order valence-corrected chi connectivity index (χ3v) is 6.86. The highest BCUT2D eigenvalue weighted by Gasteiger charge is 2.51. The van der Waals surface area contributed by atoms with Crippen LogP contribution in [0.3, 0.4) is 0 Å². The zero-order valence-electron chi connectivity index (χ0n) is 17.4. The van der Waals surface area contributed by atoms with E-state index in [9.17, 15) is 19.4 Å². The lowest BCUT2D eigenvalue weighted by atomic mass is 9.86. The highest BCUT2D eigenvalue weighted by atomic mass is 19.1. The maximum absolute atomic E-state index is 14.0. The van der Waals surface area contributed by atoms with Gasteiger partial charge in [-0.25, -0.2) is 4.39 Å². The second-order valence-corrected chi connectivity index (χ2v) is 8.92. The van der Waals surface area contributed by atoms with Gasteiger partial charge >= 0.3 is 5.97 Å². The molecule has 162 valence electrons. The van der Waals surface area contributed by atoms with Crippen molar-refractivity contribution in [1.82, 2.24) is 4.90 Å². The van der Waals surface area contributed by atoms with Crippen molar-refractivity contribution in [3.8, 4) is 5.75 Å². The fraction of sp³-hybridized carbons (Fsp3) is 0.400. The van der Waals surface area contributed by atoms with Crippen molar-refractivity contribution in [3.63, 3.8) is 0 Å². The van der Waals surface area contributed by atoms with Crippen molar-refractivity contribution >= 4 is 11.5 Å². The Morgan fingerprint density at radius 2 is 1.84 bits per heavy atom. The number of benzene rings is 2. The van der Waals surface area contributed by atoms with E-state index in [2.05, 4.69) is 4.90 Å². The number of fused-ring (bicyclic) bond motifs is 2. The summed E-state index contributed by atoms with van der Waals surface area (Å²) in [5.41, 5.74) is 5.38. The lowest BCUT2D eigenvalue weighted by molar-refractivity contribution is -0.144. The van der Waals surface area contributed by atoms with Gasteiger partial charge in [0.1, 0.15) is 18.2 Å². The minimum atomic E-state index is -0.679. The molecule has 2 heterocycles. The monoisotopic (exact) mass is 423 g/mol. The number of carboxylic acids is 1. The molecule has 2 fully saturated rings. The van der Waals surface area contributed by atoms with Gasteiger partial charge < -0.3 is 19.8 Å². The van der Waals surface area contributed by atoms with Gasteiger partial charge in [-0.05, 0) is 60.6 Å². The zero-order valence-corrected chi connectivity index (χ0v) is 17.4. The molecule has 1 saturated heterocycles. The number of piperidine rings is 1. The van der Waals surface area contributed by atoms with Crippen LogP contribution >= 0.6 is 0 Å². The van der Waals surface area contributed by atoms with E-state index in [4.69, 9.17) is 4.74 Å². The van der Waals surface area contributed by atoms with Crippen molar-refractivity contribution in [1.29, 1.82) is 0 Å². The number of nitrogens with zero attached hydrogens (tertiary/aromatic N) is 1. The Kier molecular flexibility index (Phi) is 5.07. The van der Waals surface area contributed by atoms with Gasteiger partial charge in [0, 0.05) is 30.8 Å². The minimum Gasteiger partial charge on any atom is -0.488 e. The van der Waals surface area contributed by atoms with Crippen LogP contribution in [0.25, 0.3) is 5.57 Å². The second kappa shape index (κ2) is 7.77. The van der Waals surface area contributed by atoms with Gasteiger partial charge in [0.25, 0.3) is 0 Å². The molecule has 2 aromatic carbocycles. The van der Waals surface area contributed by atoms with Crippen molar-refractivity contribution in [2.45, 2.75) is 38.9 Å². The smallest absolute Gasteiger partial charge is 0.310 e. The van der Waals surface area contributed by atoms with Crippen LogP contribution in [0, 0.1) is 11.2 Å². The molecule has 5 rings (SSSR count). The molecule has 1 aliphatic carbocycles. The summed E-state index contributed by atoms with van der Waals surface area (Å²) in [6, 6.07) is 10.6. The quantitative estimate of drug-likeness (QED) is 0.779. The molecule has 0 unspecified atom stereocenters. The van der Waals surface area contributed by atoms with Crippen molar-refractivity contribution < 1.29 is 24.1 Å². The number of aliphatic hydroxyl groups is 1. The first-order valence-electron chi connectivity index (χ1n) is 10.8. The van der Waals surface area contributed by atoms with Crippen LogP contribution in [0.2, 0.25) is 0 Å². The predicted molar refractivity (Wildman–Crippen MR) is 114 cm³/mol. The standard InChI is InChI=1S/C25H26FNO4/c26-19-2-4-20-18(12-19)14-31-22-11-16(13-28)1-3-21(22)23(20)17-5-9-27(10-6-17)15-25(7-8-25)24(29)30/h1-4,11-12,28H,5-10,13-15H2,(H,29,30). The van der Waals surface area contributed by atoms with E-state index in [0.29, 0.717) is 12.3 Å². The largest absolute Gasteiger partial charge is 0.488 e. The maximum atomic E-state index is 14.0. The molecular weight excluding hydrogens is 397 g/mol. The number of aliphatic hydroxyl groups excluding tert-OH is 1. The highest BCUT2D eigenvalue weighted by molar-refractivity contribution is 5.87. The van der Waals surface area contributed by atoms with E-state index < -0.39 is 11.4 Å². The number of hydrogen-bond donors (Lipinski definition) is 2. The number of carboxylic acid groups (broad SMARTS) is 1. The fourth-order valence-electron chi connectivity index (χ4n) is 4.85. The summed E-state index contributed by atoms with van der Waals surface area (Å²) in [7, 11) is 0. The zero-order chi connectivity index (χ0) is 21.6. The van der Waals surface area contributed by atoms with E-state index in [1.165, 1.54) is 17.7 Å². The van der Waals surface area contributed by atoms with E-state index in [-0.39, 0.29) is 19.0 Å². The Balaban J connectivity index is 1.50. The molecule has 0 atom stereocenters. The molecule has 2 N–H and O–H groups in total. The van der Waals surface area contributed by atoms with Gasteiger partial charge in [-0.1, -0.05) is 23.8 Å². The Hall–Kier alpha value is -2.70. The van der Waals surface area contributed by atoms with E-state index in [1.54, 1.807) is 0 Å². The Morgan fingerprint density at radius 3 is 2.52 bits per heavy atom. The van der Waals surface area contributed by atoms with E-state index in [0.717, 1.165) is 66.6 Å². The molecule has 0 spiro atoms. The average Bonchev–Trinajstić information content (AvgIpc) is 3.57. The molecule has 0 radical (unpaired) electrons. The van der Waals surface area contributed by atoms with Crippen LogP contribution in [-0.4, -0.2) is 40.7 Å². The number of halogens is 1. The first-order valence-corrected chi connectivity index (χ1v) is 10.8. The summed E-state index contributed by atoms with van der Waals surface area (Å²) in [6.07, 6.45) is 3.21. The first kappa shape index (κ1) is 20.2. The summed E-state index contributed by atoms with van der Waals surface area (Å²) in [5, 5.41) is 19.0. The van der Waals surface area contributed by atoms with Crippen molar-refractivity contribution in [3.05, 3.63) is 70.0 Å². The Morgan fingerprint density at radius 1 is 1.10 bits per heavy atom. The van der Waals surface area contributed by atoms with Crippen LogP contribution in [0.5, 0.6) is 5.75 Å². The molecule has 2 aliphatic heterocycles. The molecule has 6 heteroatoms. The molecule has 31 heavy (non-hydrogen) atoms. The number of likely N-dealkylation sites (tertiary alicyclic amines) is 1. The number of aliphatic carboxylic acids is 1. The van der Waals surface area contributed by atoms with Crippen LogP contribution in [0.4, 0.5) is 4.39 Å². The van der Waals surface area contributed by atoms with Crippen molar-refractivity contribution in [2.75, 3.05) is 19.6 Å². The summed E-state index contributed by atoms with van der Waals surface area (Å²) >= 11 is 0. The third-order valence-electron chi connectivity index (χ3n) is 6.86.